The lowest BCUT2D eigenvalue weighted by Gasteiger charge is -2.30. The molecule has 5 aromatic rings. The number of methoxy groups -OCH3 is 1. The van der Waals surface area contributed by atoms with Gasteiger partial charge in [0.05, 0.1) is 24.2 Å². The van der Waals surface area contributed by atoms with Gasteiger partial charge in [0, 0.05) is 28.8 Å². The van der Waals surface area contributed by atoms with Gasteiger partial charge in [0.25, 0.3) is 11.1 Å². The van der Waals surface area contributed by atoms with Crippen molar-refractivity contribution in [1.82, 2.24) is 19.1 Å². The van der Waals surface area contributed by atoms with Gasteiger partial charge in [-0.2, -0.15) is 0 Å². The summed E-state index contributed by atoms with van der Waals surface area (Å²) < 4.78 is 8.00. The van der Waals surface area contributed by atoms with E-state index < -0.39 is 5.97 Å². The quantitative estimate of drug-likeness (QED) is 0.243. The SMILES string of the molecule is COC(=O)c1nc2sc3c(c2c(=O)n1CCn1cnc2sc4c(c2c1=O)CCCC4)C(c1ccc(C)cc1)C(C)CC3. The van der Waals surface area contributed by atoms with Gasteiger partial charge in [-0.15, -0.1) is 22.7 Å². The van der Waals surface area contributed by atoms with Crippen LogP contribution in [0.4, 0.5) is 0 Å². The highest BCUT2D eigenvalue weighted by atomic mass is 32.1. The van der Waals surface area contributed by atoms with Crippen molar-refractivity contribution in [2.45, 2.75) is 71.4 Å². The Morgan fingerprint density at radius 2 is 1.74 bits per heavy atom. The number of thiophene rings is 2. The van der Waals surface area contributed by atoms with Gasteiger partial charge in [-0.1, -0.05) is 36.8 Å². The Balaban J connectivity index is 1.35. The fourth-order valence-corrected chi connectivity index (χ4v) is 9.19. The van der Waals surface area contributed by atoms with Crippen molar-refractivity contribution >= 4 is 49.1 Å². The third-order valence-electron chi connectivity index (χ3n) is 8.94. The molecule has 2 aliphatic rings. The maximum absolute atomic E-state index is 14.3. The molecule has 4 heterocycles. The topological polar surface area (TPSA) is 96.1 Å². The molecule has 2 aliphatic carbocycles. The lowest BCUT2D eigenvalue weighted by Crippen LogP contribution is -2.32. The standard InChI is InChI=1S/C32H32N4O4S2/c1-17-8-11-19(12-9-17)23-18(2)10-13-22-25(23)26-29(42-22)34-27(32(39)40-3)36(31(26)38)15-14-35-16-33-28-24(30(35)37)20-6-4-5-7-21(20)41-28/h8-9,11-12,16,18,23H,4-7,10,13-15H2,1-3H3. The Morgan fingerprint density at radius 3 is 2.52 bits per heavy atom. The van der Waals surface area contributed by atoms with Crippen LogP contribution in [-0.2, 0) is 37.1 Å². The highest BCUT2D eigenvalue weighted by molar-refractivity contribution is 7.19. The van der Waals surface area contributed by atoms with Crippen molar-refractivity contribution in [2.75, 3.05) is 7.11 Å². The number of aromatic nitrogens is 4. The summed E-state index contributed by atoms with van der Waals surface area (Å²) in [4.78, 5) is 53.9. The van der Waals surface area contributed by atoms with Crippen LogP contribution in [0.15, 0.2) is 40.2 Å². The van der Waals surface area contributed by atoms with Crippen LogP contribution in [0.1, 0.15) is 74.7 Å². The van der Waals surface area contributed by atoms with Crippen LogP contribution in [0.5, 0.6) is 0 Å². The molecule has 0 radical (unpaired) electrons. The van der Waals surface area contributed by atoms with Gasteiger partial charge in [0.2, 0.25) is 5.82 Å². The molecule has 0 bridgehead atoms. The molecule has 216 valence electrons. The Bertz CT molecular complexity index is 1980. The molecule has 10 heteroatoms. The number of hydrogen-bond acceptors (Lipinski definition) is 8. The number of fused-ring (bicyclic) bond motifs is 6. The molecule has 0 amide bonds. The second-order valence-electron chi connectivity index (χ2n) is 11.5. The van der Waals surface area contributed by atoms with Gasteiger partial charge in [0.15, 0.2) is 0 Å². The smallest absolute Gasteiger partial charge is 0.374 e. The van der Waals surface area contributed by atoms with Crippen molar-refractivity contribution in [3.63, 3.8) is 0 Å². The molecule has 42 heavy (non-hydrogen) atoms. The van der Waals surface area contributed by atoms with Crippen molar-refractivity contribution in [2.24, 2.45) is 5.92 Å². The highest BCUT2D eigenvalue weighted by Crippen LogP contribution is 2.46. The van der Waals surface area contributed by atoms with Crippen LogP contribution in [-0.4, -0.2) is 32.2 Å². The Hall–Kier alpha value is -3.63. The fourth-order valence-electron chi connectivity index (χ4n) is 6.75. The number of nitrogens with zero attached hydrogens (tertiary/aromatic N) is 4. The second kappa shape index (κ2) is 10.6. The number of benzene rings is 1. The lowest BCUT2D eigenvalue weighted by atomic mass is 9.74. The minimum absolute atomic E-state index is 0.0384. The van der Waals surface area contributed by atoms with Gasteiger partial charge in [-0.25, -0.2) is 14.8 Å². The predicted molar refractivity (Wildman–Crippen MR) is 166 cm³/mol. The van der Waals surface area contributed by atoms with E-state index in [1.165, 1.54) is 39.0 Å². The molecular weight excluding hydrogens is 569 g/mol. The molecule has 4 aromatic heterocycles. The molecule has 2 unspecified atom stereocenters. The number of ether oxygens (including phenoxy) is 1. The summed E-state index contributed by atoms with van der Waals surface area (Å²) in [5, 5.41) is 1.28. The minimum atomic E-state index is -0.670. The van der Waals surface area contributed by atoms with E-state index in [0.29, 0.717) is 21.5 Å². The molecule has 0 saturated carbocycles. The Morgan fingerprint density at radius 1 is 0.976 bits per heavy atom. The first kappa shape index (κ1) is 27.2. The van der Waals surface area contributed by atoms with Crippen molar-refractivity contribution in [3.05, 3.63) is 89.1 Å². The molecule has 0 spiro atoms. The number of carbonyl (C=O) groups is 1. The minimum Gasteiger partial charge on any atom is -0.463 e. The summed E-state index contributed by atoms with van der Waals surface area (Å²) in [5.74, 6) is -0.298. The fraction of sp³-hybridized carbons (Fsp3) is 0.406. The van der Waals surface area contributed by atoms with Gasteiger partial charge in [-0.3, -0.25) is 18.7 Å². The van der Waals surface area contributed by atoms with Crippen LogP contribution >= 0.6 is 22.7 Å². The number of carbonyl (C=O) groups excluding carboxylic acids is 1. The first-order valence-corrected chi connectivity index (χ1v) is 16.2. The monoisotopic (exact) mass is 600 g/mol. The van der Waals surface area contributed by atoms with Crippen LogP contribution in [0.25, 0.3) is 20.4 Å². The average molecular weight is 601 g/mol. The summed E-state index contributed by atoms with van der Waals surface area (Å²) in [6, 6.07) is 8.54. The third-order valence-corrected chi connectivity index (χ3v) is 11.3. The second-order valence-corrected chi connectivity index (χ2v) is 13.7. The summed E-state index contributed by atoms with van der Waals surface area (Å²) in [6.07, 6.45) is 7.55. The largest absolute Gasteiger partial charge is 0.463 e. The van der Waals surface area contributed by atoms with Crippen LogP contribution in [0.2, 0.25) is 0 Å². The zero-order chi connectivity index (χ0) is 29.1. The molecule has 7 rings (SSSR count). The van der Waals surface area contributed by atoms with Crippen molar-refractivity contribution < 1.29 is 9.53 Å². The molecule has 0 saturated heterocycles. The number of rotatable bonds is 5. The van der Waals surface area contributed by atoms with E-state index in [9.17, 15) is 14.4 Å². The van der Waals surface area contributed by atoms with Crippen LogP contribution in [0, 0.1) is 12.8 Å². The van der Waals surface area contributed by atoms with E-state index in [2.05, 4.69) is 43.1 Å². The molecule has 0 fully saturated rings. The number of aryl methyl sites for hydroxylation is 5. The zero-order valence-electron chi connectivity index (χ0n) is 23.9. The summed E-state index contributed by atoms with van der Waals surface area (Å²) >= 11 is 3.12. The Labute approximate surface area is 250 Å². The molecule has 8 nitrogen and oxygen atoms in total. The first-order chi connectivity index (χ1) is 20.4. The molecule has 2 atom stereocenters. The van der Waals surface area contributed by atoms with E-state index in [4.69, 9.17) is 9.72 Å². The molecular formula is C32H32N4O4S2. The summed E-state index contributed by atoms with van der Waals surface area (Å²) in [5.41, 5.74) is 4.17. The molecule has 0 aliphatic heterocycles. The van der Waals surface area contributed by atoms with Gasteiger partial charge in [0.1, 0.15) is 9.66 Å². The summed E-state index contributed by atoms with van der Waals surface area (Å²) in [7, 11) is 1.29. The maximum atomic E-state index is 14.3. The van der Waals surface area contributed by atoms with E-state index in [0.717, 1.165) is 59.4 Å². The zero-order valence-corrected chi connectivity index (χ0v) is 25.6. The Kier molecular flexibility index (Phi) is 6.85. The third kappa shape index (κ3) is 4.34. The first-order valence-electron chi connectivity index (χ1n) is 14.6. The lowest BCUT2D eigenvalue weighted by molar-refractivity contribution is 0.0578. The average Bonchev–Trinajstić information content (AvgIpc) is 3.56. The maximum Gasteiger partial charge on any atom is 0.374 e. The van der Waals surface area contributed by atoms with E-state index in [1.807, 2.05) is 0 Å². The normalized spacial score (nSPS) is 18.3. The van der Waals surface area contributed by atoms with Gasteiger partial charge < -0.3 is 4.74 Å². The predicted octanol–water partition coefficient (Wildman–Crippen LogP) is 5.62. The summed E-state index contributed by atoms with van der Waals surface area (Å²) in [6.45, 7) is 4.60. The van der Waals surface area contributed by atoms with Gasteiger partial charge >= 0.3 is 5.97 Å². The van der Waals surface area contributed by atoms with Gasteiger partial charge in [-0.05, 0) is 68.1 Å². The number of hydrogen-bond donors (Lipinski definition) is 0. The number of esters is 1. The van der Waals surface area contributed by atoms with E-state index in [-0.39, 0.29) is 36.0 Å². The van der Waals surface area contributed by atoms with E-state index >= 15 is 0 Å². The van der Waals surface area contributed by atoms with Crippen LogP contribution < -0.4 is 11.1 Å². The molecule has 1 aromatic carbocycles. The van der Waals surface area contributed by atoms with E-state index in [1.54, 1.807) is 22.2 Å². The van der Waals surface area contributed by atoms with Crippen molar-refractivity contribution in [1.29, 1.82) is 0 Å². The highest BCUT2D eigenvalue weighted by Gasteiger charge is 2.34. The van der Waals surface area contributed by atoms with Crippen LogP contribution in [0.3, 0.4) is 0 Å². The van der Waals surface area contributed by atoms with Crippen molar-refractivity contribution in [3.8, 4) is 0 Å². The molecule has 0 N–H and O–H groups in total.